The van der Waals surface area contributed by atoms with Gasteiger partial charge in [-0.15, -0.1) is 0 Å². The fourth-order valence-electron chi connectivity index (χ4n) is 5.47. The molecule has 1 aliphatic rings. The maximum atomic E-state index is 13.9. The Hall–Kier alpha value is -4.67. The molecule has 0 radical (unpaired) electrons. The number of allylic oxidation sites excluding steroid dienone is 1. The molecule has 4 aromatic carbocycles. The fourth-order valence-corrected chi connectivity index (χ4v) is 6.65. The number of nitrogens with one attached hydrogen (secondary N) is 2. The molecule has 2 amide bonds. The summed E-state index contributed by atoms with van der Waals surface area (Å²) in [5, 5.41) is 3.60. The van der Waals surface area contributed by atoms with Crippen molar-refractivity contribution >= 4 is 39.1 Å². The monoisotopic (exact) mass is 689 g/mol. The summed E-state index contributed by atoms with van der Waals surface area (Å²) in [6, 6.07) is 25.8. The van der Waals surface area contributed by atoms with Crippen LogP contribution in [0.1, 0.15) is 49.3 Å². The normalized spacial score (nSPS) is 13.6. The number of hydrogen-bond acceptors (Lipinski definition) is 5. The molecule has 1 aliphatic carbocycles. The minimum atomic E-state index is -3.95. The second-order valence-electron chi connectivity index (χ2n) is 11.5. The summed E-state index contributed by atoms with van der Waals surface area (Å²) in [6.45, 7) is 0.166. The van der Waals surface area contributed by atoms with Crippen molar-refractivity contribution in [1.29, 1.82) is 0 Å². The van der Waals surface area contributed by atoms with Crippen molar-refractivity contribution in [3.05, 3.63) is 137 Å². The van der Waals surface area contributed by atoms with Crippen LogP contribution in [0.4, 0.5) is 10.1 Å². The number of anilines is 1. The standard InChI is InChI=1S/C37H37ClFN3O5S/c38-30-13-11-28(12-14-30)25-42(36(29-9-5-2-6-10-29)37(44)40-24-23-27-7-3-1-4-8-27)35(43)26-47-33-19-21-34(22-20-33)48(45,46)41-32-17-15-31(39)16-18-32/h2,5-7,9-22,36,41H,1,3-4,8,23-26H2,(H,40,44)/t36-/m0/s1. The molecule has 0 heterocycles. The lowest BCUT2D eigenvalue weighted by atomic mass is 9.97. The number of carbonyl (C=O) groups excluding carboxylic acids is 2. The van der Waals surface area contributed by atoms with Crippen LogP contribution in [-0.4, -0.2) is 38.3 Å². The molecule has 1 atom stereocenters. The number of ether oxygens (including phenoxy) is 1. The molecule has 4 aromatic rings. The summed E-state index contributed by atoms with van der Waals surface area (Å²) < 4.78 is 47.1. The van der Waals surface area contributed by atoms with Crippen LogP contribution < -0.4 is 14.8 Å². The van der Waals surface area contributed by atoms with Crippen LogP contribution in [0, 0.1) is 5.82 Å². The van der Waals surface area contributed by atoms with Gasteiger partial charge < -0.3 is 15.0 Å². The van der Waals surface area contributed by atoms with E-state index in [4.69, 9.17) is 16.3 Å². The number of amides is 2. The minimum absolute atomic E-state index is 0.0420. The van der Waals surface area contributed by atoms with E-state index in [0.29, 0.717) is 17.1 Å². The minimum Gasteiger partial charge on any atom is -0.484 e. The number of hydrogen-bond donors (Lipinski definition) is 2. The van der Waals surface area contributed by atoms with E-state index in [-0.39, 0.29) is 28.8 Å². The highest BCUT2D eigenvalue weighted by Gasteiger charge is 2.32. The molecule has 0 saturated carbocycles. The van der Waals surface area contributed by atoms with Gasteiger partial charge in [-0.1, -0.05) is 65.7 Å². The number of nitrogens with zero attached hydrogens (tertiary/aromatic N) is 1. The quantitative estimate of drug-likeness (QED) is 0.134. The predicted molar refractivity (Wildman–Crippen MR) is 185 cm³/mol. The molecule has 0 aliphatic heterocycles. The number of carbonyl (C=O) groups is 2. The Balaban J connectivity index is 1.32. The highest BCUT2D eigenvalue weighted by atomic mass is 35.5. The van der Waals surface area contributed by atoms with Crippen molar-refractivity contribution in [2.24, 2.45) is 0 Å². The van der Waals surface area contributed by atoms with Crippen molar-refractivity contribution in [2.75, 3.05) is 17.9 Å². The zero-order chi connectivity index (χ0) is 33.9. The smallest absolute Gasteiger partial charge is 0.261 e. The van der Waals surface area contributed by atoms with E-state index >= 15 is 0 Å². The topological polar surface area (TPSA) is 105 Å². The van der Waals surface area contributed by atoms with Gasteiger partial charge in [0.2, 0.25) is 5.91 Å². The lowest BCUT2D eigenvalue weighted by Crippen LogP contribution is -2.45. The lowest BCUT2D eigenvalue weighted by molar-refractivity contribution is -0.143. The van der Waals surface area contributed by atoms with Gasteiger partial charge in [-0.2, -0.15) is 0 Å². The molecule has 2 N–H and O–H groups in total. The summed E-state index contributed by atoms with van der Waals surface area (Å²) >= 11 is 6.12. The third kappa shape index (κ3) is 9.68. The number of benzene rings is 4. The summed E-state index contributed by atoms with van der Waals surface area (Å²) in [4.78, 5) is 29.2. The predicted octanol–water partition coefficient (Wildman–Crippen LogP) is 7.44. The molecule has 0 unspecified atom stereocenters. The van der Waals surface area contributed by atoms with Gasteiger partial charge in [0.25, 0.3) is 15.9 Å². The summed E-state index contributed by atoms with van der Waals surface area (Å²) in [5.74, 6) is -0.970. The van der Waals surface area contributed by atoms with Gasteiger partial charge in [-0.3, -0.25) is 14.3 Å². The fraction of sp³-hybridized carbons (Fsp3) is 0.243. The third-order valence-electron chi connectivity index (χ3n) is 7.99. The first-order valence-corrected chi connectivity index (χ1v) is 17.6. The van der Waals surface area contributed by atoms with E-state index in [1.165, 1.54) is 53.3 Å². The summed E-state index contributed by atoms with van der Waals surface area (Å²) in [6.07, 6.45) is 7.45. The van der Waals surface area contributed by atoms with Gasteiger partial charge in [0.1, 0.15) is 17.6 Å². The highest BCUT2D eigenvalue weighted by Crippen LogP contribution is 2.26. The number of halogens is 2. The van der Waals surface area contributed by atoms with Gasteiger partial charge in [0, 0.05) is 23.8 Å². The van der Waals surface area contributed by atoms with E-state index in [2.05, 4.69) is 16.1 Å². The first-order chi connectivity index (χ1) is 23.2. The third-order valence-corrected chi connectivity index (χ3v) is 9.63. The van der Waals surface area contributed by atoms with Gasteiger partial charge in [-0.05, 0) is 104 Å². The molecule has 0 aromatic heterocycles. The van der Waals surface area contributed by atoms with E-state index in [9.17, 15) is 22.4 Å². The van der Waals surface area contributed by atoms with Gasteiger partial charge in [0.05, 0.1) is 4.90 Å². The maximum absolute atomic E-state index is 13.9. The van der Waals surface area contributed by atoms with Crippen molar-refractivity contribution in [1.82, 2.24) is 10.2 Å². The zero-order valence-electron chi connectivity index (χ0n) is 26.3. The van der Waals surface area contributed by atoms with Gasteiger partial charge in [0.15, 0.2) is 6.61 Å². The second kappa shape index (κ2) is 16.4. The van der Waals surface area contributed by atoms with Crippen LogP contribution >= 0.6 is 11.6 Å². The zero-order valence-corrected chi connectivity index (χ0v) is 27.9. The Kier molecular flexibility index (Phi) is 11.9. The maximum Gasteiger partial charge on any atom is 0.261 e. The Morgan fingerprint density at radius 2 is 1.60 bits per heavy atom. The van der Waals surface area contributed by atoms with Crippen molar-refractivity contribution < 1.29 is 27.1 Å². The Morgan fingerprint density at radius 1 is 0.896 bits per heavy atom. The van der Waals surface area contributed by atoms with Crippen LogP contribution in [0.2, 0.25) is 5.02 Å². The molecule has 0 fully saturated rings. The molecule has 250 valence electrons. The molecule has 0 spiro atoms. The lowest BCUT2D eigenvalue weighted by Gasteiger charge is -2.31. The van der Waals surface area contributed by atoms with Crippen molar-refractivity contribution in [3.8, 4) is 5.75 Å². The first-order valence-electron chi connectivity index (χ1n) is 15.7. The van der Waals surface area contributed by atoms with Crippen LogP contribution in [-0.2, 0) is 26.2 Å². The molecule has 5 rings (SSSR count). The van der Waals surface area contributed by atoms with Crippen molar-refractivity contribution in [2.45, 2.75) is 49.6 Å². The van der Waals surface area contributed by atoms with Crippen molar-refractivity contribution in [3.63, 3.8) is 0 Å². The van der Waals surface area contributed by atoms with Crippen LogP contribution in [0.5, 0.6) is 5.75 Å². The van der Waals surface area contributed by atoms with E-state index in [0.717, 1.165) is 43.4 Å². The highest BCUT2D eigenvalue weighted by molar-refractivity contribution is 7.92. The molecule has 0 saturated heterocycles. The molecule has 48 heavy (non-hydrogen) atoms. The average molecular weight is 690 g/mol. The van der Waals surface area contributed by atoms with E-state index < -0.39 is 34.4 Å². The summed E-state index contributed by atoms with van der Waals surface area (Å²) in [5.41, 5.74) is 2.98. The second-order valence-corrected chi connectivity index (χ2v) is 13.6. The summed E-state index contributed by atoms with van der Waals surface area (Å²) in [7, 11) is -3.95. The molecule has 11 heteroatoms. The van der Waals surface area contributed by atoms with Crippen LogP contribution in [0.3, 0.4) is 0 Å². The Morgan fingerprint density at radius 3 is 2.27 bits per heavy atom. The molecule has 0 bridgehead atoms. The molecular formula is C37H37ClFN3O5S. The van der Waals surface area contributed by atoms with Gasteiger partial charge >= 0.3 is 0 Å². The van der Waals surface area contributed by atoms with Gasteiger partial charge in [-0.25, -0.2) is 12.8 Å². The van der Waals surface area contributed by atoms with Crippen LogP contribution in [0.25, 0.3) is 0 Å². The van der Waals surface area contributed by atoms with E-state index in [1.807, 2.05) is 30.3 Å². The van der Waals surface area contributed by atoms with E-state index in [1.54, 1.807) is 24.3 Å². The Labute approximate surface area is 285 Å². The molecule has 8 nitrogen and oxygen atoms in total. The molecular weight excluding hydrogens is 653 g/mol. The number of sulfonamides is 1. The van der Waals surface area contributed by atoms with Crippen LogP contribution in [0.15, 0.2) is 120 Å². The average Bonchev–Trinajstić information content (AvgIpc) is 3.10. The first kappa shape index (κ1) is 34.7. The SMILES string of the molecule is O=C(NCCC1=CCCCC1)[C@H](c1ccccc1)N(Cc1ccc(Cl)cc1)C(=O)COc1ccc(S(=O)(=O)Nc2ccc(F)cc2)cc1. The number of rotatable bonds is 14. The Bertz CT molecular complexity index is 1820. The largest absolute Gasteiger partial charge is 0.484 e.